The van der Waals surface area contributed by atoms with Gasteiger partial charge in [-0.15, -0.1) is 11.6 Å². The Hall–Kier alpha value is -1.81. The number of alkyl halides is 1. The number of anilines is 1. The summed E-state index contributed by atoms with van der Waals surface area (Å²) >= 11 is 5.47. The number of carbonyl (C=O) groups excluding carboxylic acids is 2. The largest absolute Gasteiger partial charge is 0.463 e. The number of hydrogen-bond acceptors (Lipinski definition) is 3. The number of hydrogen-bond donors (Lipinski definition) is 1. The Morgan fingerprint density at radius 3 is 2.58 bits per heavy atom. The summed E-state index contributed by atoms with van der Waals surface area (Å²) < 4.78 is 4.77. The highest BCUT2D eigenvalue weighted by molar-refractivity contribution is 6.19. The van der Waals surface area contributed by atoms with E-state index in [1.807, 2.05) is 0 Å². The van der Waals surface area contributed by atoms with Crippen molar-refractivity contribution in [1.82, 2.24) is 0 Å². The molecular weight excluding hydrogens is 266 g/mol. The molecule has 19 heavy (non-hydrogen) atoms. The van der Waals surface area contributed by atoms with E-state index in [1.165, 1.54) is 6.08 Å². The molecule has 1 aromatic carbocycles. The second-order valence-corrected chi connectivity index (χ2v) is 4.07. The lowest BCUT2D eigenvalue weighted by Gasteiger charge is -2.04. The highest BCUT2D eigenvalue weighted by atomic mass is 35.5. The second kappa shape index (κ2) is 8.32. The molecule has 0 aliphatic carbocycles. The van der Waals surface area contributed by atoms with Crippen molar-refractivity contribution in [2.24, 2.45) is 0 Å². The van der Waals surface area contributed by atoms with E-state index in [-0.39, 0.29) is 18.3 Å². The summed E-state index contributed by atoms with van der Waals surface area (Å²) in [5.41, 5.74) is 1.55. The first-order valence-electron chi connectivity index (χ1n) is 5.96. The number of carbonyl (C=O) groups is 2. The third-order valence-electron chi connectivity index (χ3n) is 2.21. The number of benzene rings is 1. The molecule has 0 saturated heterocycles. The fraction of sp³-hybridized carbons (Fsp3) is 0.286. The first-order chi connectivity index (χ1) is 9.15. The zero-order chi connectivity index (χ0) is 14.1. The third-order valence-corrected chi connectivity index (χ3v) is 2.40. The molecule has 1 aromatic rings. The Labute approximate surface area is 117 Å². The van der Waals surface area contributed by atoms with Gasteiger partial charge in [-0.25, -0.2) is 4.79 Å². The van der Waals surface area contributed by atoms with Crippen LogP contribution in [0.25, 0.3) is 6.08 Å². The van der Waals surface area contributed by atoms with Gasteiger partial charge in [-0.1, -0.05) is 12.1 Å². The maximum atomic E-state index is 11.3. The molecule has 0 fully saturated rings. The van der Waals surface area contributed by atoms with Crippen LogP contribution in [0.1, 0.15) is 18.9 Å². The third kappa shape index (κ3) is 6.06. The Balaban J connectivity index is 2.56. The zero-order valence-corrected chi connectivity index (χ0v) is 11.4. The predicted octanol–water partition coefficient (Wildman–Crippen LogP) is 2.83. The normalized spacial score (nSPS) is 10.4. The van der Waals surface area contributed by atoms with Crippen molar-refractivity contribution in [3.63, 3.8) is 0 Å². The summed E-state index contributed by atoms with van der Waals surface area (Å²) in [5.74, 6) is -0.196. The van der Waals surface area contributed by atoms with Crippen molar-refractivity contribution >= 4 is 35.2 Å². The standard InChI is InChI=1S/C14H16ClNO3/c1-2-19-14(18)8-5-11-3-6-12(7-4-11)16-13(17)9-10-15/h3-8H,2,9-10H2,1H3,(H,16,17)/b8-5+. The number of amides is 1. The average Bonchev–Trinajstić information content (AvgIpc) is 2.38. The van der Waals surface area contributed by atoms with Gasteiger partial charge in [0.1, 0.15) is 0 Å². The topological polar surface area (TPSA) is 55.4 Å². The van der Waals surface area contributed by atoms with Crippen LogP contribution in [0.4, 0.5) is 5.69 Å². The van der Waals surface area contributed by atoms with E-state index >= 15 is 0 Å². The van der Waals surface area contributed by atoms with Gasteiger partial charge in [0.05, 0.1) is 6.61 Å². The van der Waals surface area contributed by atoms with Crippen molar-refractivity contribution in [3.8, 4) is 0 Å². The minimum Gasteiger partial charge on any atom is -0.463 e. The fourth-order valence-electron chi connectivity index (χ4n) is 1.34. The van der Waals surface area contributed by atoms with Crippen molar-refractivity contribution < 1.29 is 14.3 Å². The van der Waals surface area contributed by atoms with Gasteiger partial charge in [0.25, 0.3) is 0 Å². The molecule has 1 rings (SSSR count). The molecule has 0 aromatic heterocycles. The highest BCUT2D eigenvalue weighted by Gasteiger charge is 2.00. The van der Waals surface area contributed by atoms with Crippen LogP contribution in [0, 0.1) is 0 Å². The van der Waals surface area contributed by atoms with Gasteiger partial charge in [-0.05, 0) is 30.7 Å². The zero-order valence-electron chi connectivity index (χ0n) is 10.7. The van der Waals surface area contributed by atoms with E-state index in [1.54, 1.807) is 37.3 Å². The van der Waals surface area contributed by atoms with Crippen LogP contribution in [0.5, 0.6) is 0 Å². The molecule has 0 unspecified atom stereocenters. The molecule has 0 aliphatic rings. The van der Waals surface area contributed by atoms with Gasteiger partial charge in [0.15, 0.2) is 0 Å². The lowest BCUT2D eigenvalue weighted by molar-refractivity contribution is -0.137. The van der Waals surface area contributed by atoms with E-state index in [0.29, 0.717) is 18.2 Å². The minimum atomic E-state index is -0.373. The molecule has 1 amide bonds. The fourth-order valence-corrected chi connectivity index (χ4v) is 1.51. The van der Waals surface area contributed by atoms with E-state index in [9.17, 15) is 9.59 Å². The van der Waals surface area contributed by atoms with Crippen LogP contribution in [-0.4, -0.2) is 24.4 Å². The smallest absolute Gasteiger partial charge is 0.330 e. The Kier molecular flexibility index (Phi) is 6.68. The van der Waals surface area contributed by atoms with Crippen LogP contribution in [-0.2, 0) is 14.3 Å². The maximum absolute atomic E-state index is 11.3. The predicted molar refractivity (Wildman–Crippen MR) is 76.1 cm³/mol. The molecule has 1 N–H and O–H groups in total. The van der Waals surface area contributed by atoms with Crippen LogP contribution in [0.15, 0.2) is 30.3 Å². The summed E-state index contributed by atoms with van der Waals surface area (Å²) in [4.78, 5) is 22.4. The molecule has 0 aliphatic heterocycles. The van der Waals surface area contributed by atoms with Gasteiger partial charge in [-0.3, -0.25) is 4.79 Å². The van der Waals surface area contributed by atoms with Crippen LogP contribution >= 0.6 is 11.6 Å². The summed E-state index contributed by atoms with van der Waals surface area (Å²) in [6.45, 7) is 2.11. The Bertz CT molecular complexity index is 454. The van der Waals surface area contributed by atoms with Crippen molar-refractivity contribution in [2.45, 2.75) is 13.3 Å². The van der Waals surface area contributed by atoms with Crippen molar-refractivity contribution in [3.05, 3.63) is 35.9 Å². The molecule has 4 nitrogen and oxygen atoms in total. The number of halogens is 1. The van der Waals surface area contributed by atoms with Gasteiger partial charge in [0.2, 0.25) is 5.91 Å². The van der Waals surface area contributed by atoms with E-state index in [4.69, 9.17) is 16.3 Å². The lowest BCUT2D eigenvalue weighted by Crippen LogP contribution is -2.11. The average molecular weight is 282 g/mol. The summed E-state index contributed by atoms with van der Waals surface area (Å²) in [7, 11) is 0. The van der Waals surface area contributed by atoms with E-state index in [0.717, 1.165) is 5.56 Å². The van der Waals surface area contributed by atoms with Gasteiger partial charge in [0, 0.05) is 24.1 Å². The molecule has 5 heteroatoms. The molecule has 0 saturated carbocycles. The Morgan fingerprint density at radius 1 is 1.32 bits per heavy atom. The van der Waals surface area contributed by atoms with E-state index in [2.05, 4.69) is 5.32 Å². The second-order valence-electron chi connectivity index (χ2n) is 3.69. The van der Waals surface area contributed by atoms with Gasteiger partial charge in [-0.2, -0.15) is 0 Å². The number of rotatable bonds is 6. The van der Waals surface area contributed by atoms with Crippen LogP contribution in [0.2, 0.25) is 0 Å². The molecule has 0 bridgehead atoms. The Morgan fingerprint density at radius 2 is 2.00 bits per heavy atom. The number of esters is 1. The molecule has 0 atom stereocenters. The number of nitrogens with one attached hydrogen (secondary N) is 1. The summed E-state index contributed by atoms with van der Waals surface area (Å²) in [6, 6.07) is 7.12. The number of ether oxygens (including phenoxy) is 1. The molecular formula is C14H16ClNO3. The van der Waals surface area contributed by atoms with Gasteiger partial charge >= 0.3 is 5.97 Å². The lowest BCUT2D eigenvalue weighted by atomic mass is 10.2. The molecule has 102 valence electrons. The minimum absolute atomic E-state index is 0.121. The first kappa shape index (κ1) is 15.2. The van der Waals surface area contributed by atoms with Crippen LogP contribution < -0.4 is 5.32 Å². The molecule has 0 radical (unpaired) electrons. The van der Waals surface area contributed by atoms with Crippen LogP contribution in [0.3, 0.4) is 0 Å². The summed E-state index contributed by atoms with van der Waals surface area (Å²) in [6.07, 6.45) is 3.30. The highest BCUT2D eigenvalue weighted by Crippen LogP contribution is 2.11. The quantitative estimate of drug-likeness (QED) is 0.495. The summed E-state index contributed by atoms with van der Waals surface area (Å²) in [5, 5.41) is 2.72. The monoisotopic (exact) mass is 281 g/mol. The van der Waals surface area contributed by atoms with Crippen molar-refractivity contribution in [2.75, 3.05) is 17.8 Å². The first-order valence-corrected chi connectivity index (χ1v) is 6.50. The van der Waals surface area contributed by atoms with E-state index < -0.39 is 0 Å². The molecule has 0 spiro atoms. The molecule has 0 heterocycles. The SMILES string of the molecule is CCOC(=O)/C=C/c1ccc(NC(=O)CCCl)cc1. The van der Waals surface area contributed by atoms with Crippen molar-refractivity contribution in [1.29, 1.82) is 0 Å². The van der Waals surface area contributed by atoms with Gasteiger partial charge < -0.3 is 10.1 Å². The maximum Gasteiger partial charge on any atom is 0.330 e.